The molecule has 160 valence electrons. The highest BCUT2D eigenvalue weighted by molar-refractivity contribution is 6.33. The summed E-state index contributed by atoms with van der Waals surface area (Å²) in [6, 6.07) is 25.4. The Morgan fingerprint density at radius 1 is 0.812 bits per heavy atom. The van der Waals surface area contributed by atoms with Gasteiger partial charge in [0.2, 0.25) is 0 Å². The molecule has 1 saturated heterocycles. The van der Waals surface area contributed by atoms with Crippen molar-refractivity contribution in [3.63, 3.8) is 0 Å². The van der Waals surface area contributed by atoms with E-state index in [2.05, 4.69) is 15.2 Å². The van der Waals surface area contributed by atoms with Gasteiger partial charge >= 0.3 is 0 Å². The van der Waals surface area contributed by atoms with Crippen LogP contribution < -0.4 is 4.90 Å². The lowest BCUT2D eigenvalue weighted by Gasteiger charge is -2.36. The monoisotopic (exact) mass is 443 g/mol. The summed E-state index contributed by atoms with van der Waals surface area (Å²) in [6.07, 6.45) is 1.74. The predicted octanol–water partition coefficient (Wildman–Crippen LogP) is 4.55. The van der Waals surface area contributed by atoms with Crippen LogP contribution in [-0.2, 0) is 0 Å². The molecule has 1 aliphatic heterocycles. The SMILES string of the molecule is O=C(c1ccc(-n2nncc2-c2ccccc2)cc1)N1CCN(c2ccccc2Cl)CC1. The van der Waals surface area contributed by atoms with Crippen LogP contribution in [0.1, 0.15) is 10.4 Å². The molecule has 0 radical (unpaired) electrons. The van der Waals surface area contributed by atoms with Crippen molar-refractivity contribution in [3.8, 4) is 16.9 Å². The molecule has 0 spiro atoms. The Bertz CT molecular complexity index is 1210. The Balaban J connectivity index is 1.28. The van der Waals surface area contributed by atoms with Gasteiger partial charge in [0.1, 0.15) is 0 Å². The molecular weight excluding hydrogens is 422 g/mol. The first-order valence-corrected chi connectivity index (χ1v) is 10.9. The molecule has 2 heterocycles. The van der Waals surface area contributed by atoms with E-state index in [-0.39, 0.29) is 5.91 Å². The van der Waals surface area contributed by atoms with Crippen molar-refractivity contribution in [2.24, 2.45) is 0 Å². The number of anilines is 1. The third-order valence-electron chi connectivity index (χ3n) is 5.74. The topological polar surface area (TPSA) is 54.3 Å². The van der Waals surface area contributed by atoms with E-state index in [4.69, 9.17) is 11.6 Å². The van der Waals surface area contributed by atoms with Crippen molar-refractivity contribution in [2.75, 3.05) is 31.1 Å². The lowest BCUT2D eigenvalue weighted by molar-refractivity contribution is 0.0747. The van der Waals surface area contributed by atoms with Gasteiger partial charge in [0.05, 0.1) is 28.3 Å². The van der Waals surface area contributed by atoms with E-state index < -0.39 is 0 Å². The standard InChI is InChI=1S/C25H22ClN5O/c26-22-8-4-5-9-23(22)29-14-16-30(17-15-29)25(32)20-10-12-21(13-11-20)31-24(18-27-28-31)19-6-2-1-3-7-19/h1-13,18H,14-17H2. The molecule has 0 saturated carbocycles. The Kier molecular flexibility index (Phi) is 5.60. The van der Waals surface area contributed by atoms with Crippen molar-refractivity contribution < 1.29 is 4.79 Å². The largest absolute Gasteiger partial charge is 0.367 e. The minimum absolute atomic E-state index is 0.0391. The Labute approximate surface area is 191 Å². The second-order valence-electron chi connectivity index (χ2n) is 7.67. The first kappa shape index (κ1) is 20.3. The molecule has 4 aromatic rings. The van der Waals surface area contributed by atoms with Crippen LogP contribution in [0.3, 0.4) is 0 Å². The molecule has 1 aromatic heterocycles. The normalized spacial score (nSPS) is 13.9. The molecule has 1 amide bonds. The van der Waals surface area contributed by atoms with E-state index in [1.54, 1.807) is 10.9 Å². The Morgan fingerprint density at radius 2 is 1.50 bits per heavy atom. The number of rotatable bonds is 4. The molecule has 32 heavy (non-hydrogen) atoms. The number of halogens is 1. The van der Waals surface area contributed by atoms with Gasteiger partial charge in [-0.3, -0.25) is 4.79 Å². The zero-order valence-corrected chi connectivity index (χ0v) is 18.2. The molecule has 7 heteroatoms. The van der Waals surface area contributed by atoms with Crippen LogP contribution in [0, 0.1) is 0 Å². The maximum absolute atomic E-state index is 13.0. The summed E-state index contributed by atoms with van der Waals surface area (Å²) in [7, 11) is 0. The molecule has 0 bridgehead atoms. The van der Waals surface area contributed by atoms with E-state index in [1.807, 2.05) is 83.8 Å². The van der Waals surface area contributed by atoms with Crippen molar-refractivity contribution in [3.05, 3.63) is 95.6 Å². The second kappa shape index (κ2) is 8.85. The summed E-state index contributed by atoms with van der Waals surface area (Å²) in [6.45, 7) is 2.83. The van der Waals surface area contributed by atoms with Crippen LogP contribution >= 0.6 is 11.6 Å². The number of nitrogens with zero attached hydrogens (tertiary/aromatic N) is 5. The van der Waals surface area contributed by atoms with Crippen LogP contribution in [-0.4, -0.2) is 52.0 Å². The predicted molar refractivity (Wildman–Crippen MR) is 126 cm³/mol. The minimum Gasteiger partial charge on any atom is -0.367 e. The molecule has 0 N–H and O–H groups in total. The number of hydrogen-bond donors (Lipinski definition) is 0. The molecule has 0 atom stereocenters. The Morgan fingerprint density at radius 3 is 2.22 bits per heavy atom. The number of carbonyl (C=O) groups is 1. The van der Waals surface area contributed by atoms with Gasteiger partial charge in [-0.05, 0) is 36.4 Å². The molecule has 1 fully saturated rings. The molecular formula is C25H22ClN5O. The summed E-state index contributed by atoms with van der Waals surface area (Å²) in [4.78, 5) is 17.2. The zero-order valence-electron chi connectivity index (χ0n) is 17.4. The molecule has 1 aliphatic rings. The van der Waals surface area contributed by atoms with Crippen molar-refractivity contribution in [2.45, 2.75) is 0 Å². The first-order valence-electron chi connectivity index (χ1n) is 10.6. The molecule has 0 aliphatic carbocycles. The average molecular weight is 444 g/mol. The van der Waals surface area contributed by atoms with Crippen LogP contribution in [0.15, 0.2) is 85.1 Å². The number of carbonyl (C=O) groups excluding carboxylic acids is 1. The highest BCUT2D eigenvalue weighted by Crippen LogP contribution is 2.26. The van der Waals surface area contributed by atoms with Gasteiger partial charge in [0.25, 0.3) is 5.91 Å². The van der Waals surface area contributed by atoms with Crippen LogP contribution in [0.5, 0.6) is 0 Å². The van der Waals surface area contributed by atoms with Crippen molar-refractivity contribution in [1.29, 1.82) is 0 Å². The number of benzene rings is 3. The highest BCUT2D eigenvalue weighted by Gasteiger charge is 2.23. The molecule has 3 aromatic carbocycles. The van der Waals surface area contributed by atoms with E-state index in [1.165, 1.54) is 0 Å². The fourth-order valence-corrected chi connectivity index (χ4v) is 4.27. The van der Waals surface area contributed by atoms with E-state index in [0.717, 1.165) is 40.7 Å². The third kappa shape index (κ3) is 3.97. The first-order chi connectivity index (χ1) is 15.7. The maximum atomic E-state index is 13.0. The number of piperazine rings is 1. The van der Waals surface area contributed by atoms with Gasteiger partial charge < -0.3 is 9.80 Å². The summed E-state index contributed by atoms with van der Waals surface area (Å²) in [5.41, 5.74) is 4.49. The molecule has 0 unspecified atom stereocenters. The number of aromatic nitrogens is 3. The van der Waals surface area contributed by atoms with Crippen LogP contribution in [0.2, 0.25) is 5.02 Å². The van der Waals surface area contributed by atoms with Crippen molar-refractivity contribution in [1.82, 2.24) is 19.9 Å². The van der Waals surface area contributed by atoms with Crippen molar-refractivity contribution >= 4 is 23.2 Å². The van der Waals surface area contributed by atoms with E-state index >= 15 is 0 Å². The van der Waals surface area contributed by atoms with Gasteiger partial charge in [0.15, 0.2) is 0 Å². The fourth-order valence-electron chi connectivity index (χ4n) is 4.02. The summed E-state index contributed by atoms with van der Waals surface area (Å²) in [5, 5.41) is 9.04. The quantitative estimate of drug-likeness (QED) is 0.464. The number of para-hydroxylation sites is 1. The van der Waals surface area contributed by atoms with Crippen LogP contribution in [0.4, 0.5) is 5.69 Å². The second-order valence-corrected chi connectivity index (χ2v) is 8.08. The van der Waals surface area contributed by atoms with Gasteiger partial charge in [-0.25, -0.2) is 4.68 Å². The summed E-state index contributed by atoms with van der Waals surface area (Å²) < 4.78 is 1.78. The lowest BCUT2D eigenvalue weighted by atomic mass is 10.1. The van der Waals surface area contributed by atoms with E-state index in [0.29, 0.717) is 18.7 Å². The molecule has 6 nitrogen and oxygen atoms in total. The highest BCUT2D eigenvalue weighted by atomic mass is 35.5. The number of hydrogen-bond acceptors (Lipinski definition) is 4. The Hall–Kier alpha value is -3.64. The minimum atomic E-state index is 0.0391. The van der Waals surface area contributed by atoms with Crippen LogP contribution in [0.25, 0.3) is 16.9 Å². The summed E-state index contributed by atoms with van der Waals surface area (Å²) in [5.74, 6) is 0.0391. The van der Waals surface area contributed by atoms with Gasteiger partial charge in [0, 0.05) is 37.3 Å². The fraction of sp³-hybridized carbons (Fsp3) is 0.160. The zero-order chi connectivity index (χ0) is 21.9. The van der Waals surface area contributed by atoms with E-state index in [9.17, 15) is 4.79 Å². The lowest BCUT2D eigenvalue weighted by Crippen LogP contribution is -2.48. The van der Waals surface area contributed by atoms with Gasteiger partial charge in [-0.15, -0.1) is 5.10 Å². The van der Waals surface area contributed by atoms with Gasteiger partial charge in [-0.1, -0.05) is 59.3 Å². The smallest absolute Gasteiger partial charge is 0.253 e. The summed E-state index contributed by atoms with van der Waals surface area (Å²) >= 11 is 6.33. The number of amides is 1. The third-order valence-corrected chi connectivity index (χ3v) is 6.06. The average Bonchev–Trinajstić information content (AvgIpc) is 3.35. The molecule has 5 rings (SSSR count). The van der Waals surface area contributed by atoms with Gasteiger partial charge in [-0.2, -0.15) is 0 Å². The maximum Gasteiger partial charge on any atom is 0.253 e.